The molecule has 1 aliphatic heterocycles. The third kappa shape index (κ3) is 3.08. The van der Waals surface area contributed by atoms with Crippen LogP contribution in [0.2, 0.25) is 0 Å². The van der Waals surface area contributed by atoms with Gasteiger partial charge in [-0.25, -0.2) is 0 Å². The summed E-state index contributed by atoms with van der Waals surface area (Å²) >= 11 is 2.10. The van der Waals surface area contributed by atoms with Crippen LogP contribution < -0.4 is 5.73 Å². The first-order valence-electron chi connectivity index (χ1n) is 6.86. The summed E-state index contributed by atoms with van der Waals surface area (Å²) in [4.78, 5) is 2.53. The van der Waals surface area contributed by atoms with Crippen molar-refractivity contribution >= 4 is 11.8 Å². The molecule has 0 bridgehead atoms. The molecule has 1 aromatic rings. The van der Waals surface area contributed by atoms with Crippen LogP contribution in [0.1, 0.15) is 31.9 Å². The molecule has 2 heterocycles. The molecule has 1 aliphatic rings. The lowest BCUT2D eigenvalue weighted by atomic mass is 10.1. The van der Waals surface area contributed by atoms with Gasteiger partial charge in [-0.1, -0.05) is 6.92 Å². The number of aromatic nitrogens is 2. The standard InChI is InChI=1S/C13H24N4S/c1-3-12-10-16(5-6-18-12)13(7-14)11-8-15-17(4-2)9-11/h8-9,12-13H,3-7,10,14H2,1-2H3. The Morgan fingerprint density at radius 1 is 1.56 bits per heavy atom. The van der Waals surface area contributed by atoms with Gasteiger partial charge >= 0.3 is 0 Å². The Bertz CT molecular complexity index is 366. The minimum atomic E-state index is 0.334. The fraction of sp³-hybridized carbons (Fsp3) is 0.769. The van der Waals surface area contributed by atoms with Gasteiger partial charge in [0, 0.05) is 48.9 Å². The molecule has 0 amide bonds. The van der Waals surface area contributed by atoms with Gasteiger partial charge in [-0.2, -0.15) is 16.9 Å². The first-order valence-corrected chi connectivity index (χ1v) is 7.91. The lowest BCUT2D eigenvalue weighted by Crippen LogP contribution is -2.42. The highest BCUT2D eigenvalue weighted by Crippen LogP contribution is 2.27. The van der Waals surface area contributed by atoms with Gasteiger partial charge in [0.1, 0.15) is 0 Å². The average Bonchev–Trinajstić information content (AvgIpc) is 2.88. The van der Waals surface area contributed by atoms with E-state index in [4.69, 9.17) is 5.73 Å². The van der Waals surface area contributed by atoms with E-state index in [0.717, 1.165) is 24.9 Å². The molecular formula is C13H24N4S. The Balaban J connectivity index is 2.07. The van der Waals surface area contributed by atoms with Crippen molar-refractivity contribution < 1.29 is 0 Å². The smallest absolute Gasteiger partial charge is 0.0538 e. The Hall–Kier alpha value is -0.520. The van der Waals surface area contributed by atoms with Gasteiger partial charge in [-0.3, -0.25) is 9.58 Å². The second-order valence-corrected chi connectivity index (χ2v) is 6.19. The van der Waals surface area contributed by atoms with Crippen molar-refractivity contribution in [2.75, 3.05) is 25.4 Å². The number of nitrogens with two attached hydrogens (primary N) is 1. The number of nitrogens with zero attached hydrogens (tertiary/aromatic N) is 3. The van der Waals surface area contributed by atoms with Crippen molar-refractivity contribution in [2.24, 2.45) is 5.73 Å². The summed E-state index contributed by atoms with van der Waals surface area (Å²) in [5.41, 5.74) is 7.25. The maximum atomic E-state index is 5.99. The predicted molar refractivity (Wildman–Crippen MR) is 77.8 cm³/mol. The summed E-state index contributed by atoms with van der Waals surface area (Å²) in [6, 6.07) is 0.334. The number of hydrogen-bond donors (Lipinski definition) is 1. The Morgan fingerprint density at radius 3 is 3.00 bits per heavy atom. The highest BCUT2D eigenvalue weighted by atomic mass is 32.2. The quantitative estimate of drug-likeness (QED) is 0.883. The van der Waals surface area contributed by atoms with Crippen molar-refractivity contribution in [3.8, 4) is 0 Å². The molecule has 5 heteroatoms. The predicted octanol–water partition coefficient (Wildman–Crippen LogP) is 1.73. The summed E-state index contributed by atoms with van der Waals surface area (Å²) in [7, 11) is 0. The first-order chi connectivity index (χ1) is 8.78. The molecule has 18 heavy (non-hydrogen) atoms. The molecule has 4 nitrogen and oxygen atoms in total. The largest absolute Gasteiger partial charge is 0.329 e. The molecule has 2 rings (SSSR count). The van der Waals surface area contributed by atoms with Crippen LogP contribution in [0.25, 0.3) is 0 Å². The lowest BCUT2D eigenvalue weighted by Gasteiger charge is -2.37. The average molecular weight is 268 g/mol. The third-order valence-electron chi connectivity index (χ3n) is 3.65. The van der Waals surface area contributed by atoms with Crippen LogP contribution in [-0.4, -0.2) is 45.3 Å². The normalized spacial score (nSPS) is 23.2. The zero-order valence-corrected chi connectivity index (χ0v) is 12.2. The molecule has 102 valence electrons. The molecule has 1 fully saturated rings. The second-order valence-electron chi connectivity index (χ2n) is 4.78. The fourth-order valence-electron chi connectivity index (χ4n) is 2.49. The van der Waals surface area contributed by atoms with E-state index in [0.29, 0.717) is 12.6 Å². The number of rotatable bonds is 5. The minimum Gasteiger partial charge on any atom is -0.329 e. The van der Waals surface area contributed by atoms with Crippen LogP contribution in [0, 0.1) is 0 Å². The fourth-order valence-corrected chi connectivity index (χ4v) is 3.70. The highest BCUT2D eigenvalue weighted by Gasteiger charge is 2.26. The number of hydrogen-bond acceptors (Lipinski definition) is 4. The summed E-state index contributed by atoms with van der Waals surface area (Å²) in [5, 5.41) is 5.13. The molecule has 0 radical (unpaired) electrons. The maximum Gasteiger partial charge on any atom is 0.0538 e. The van der Waals surface area contributed by atoms with E-state index in [1.165, 1.54) is 17.7 Å². The SMILES string of the molecule is CCC1CN(C(CN)c2cnn(CC)c2)CCS1. The summed E-state index contributed by atoms with van der Waals surface area (Å²) in [5.74, 6) is 1.22. The minimum absolute atomic E-state index is 0.334. The molecule has 2 atom stereocenters. The topological polar surface area (TPSA) is 47.1 Å². The summed E-state index contributed by atoms with van der Waals surface area (Å²) in [6.07, 6.45) is 5.36. The number of thioether (sulfide) groups is 1. The van der Waals surface area contributed by atoms with E-state index < -0.39 is 0 Å². The highest BCUT2D eigenvalue weighted by molar-refractivity contribution is 8.00. The van der Waals surface area contributed by atoms with E-state index in [9.17, 15) is 0 Å². The third-order valence-corrected chi connectivity index (χ3v) is 5.02. The van der Waals surface area contributed by atoms with Crippen LogP contribution in [0.4, 0.5) is 0 Å². The van der Waals surface area contributed by atoms with Crippen LogP contribution in [0.3, 0.4) is 0 Å². The first kappa shape index (κ1) is 13.9. The maximum absolute atomic E-state index is 5.99. The van der Waals surface area contributed by atoms with Crippen LogP contribution in [0.5, 0.6) is 0 Å². The zero-order chi connectivity index (χ0) is 13.0. The van der Waals surface area contributed by atoms with E-state index in [1.54, 1.807) is 0 Å². The van der Waals surface area contributed by atoms with Gasteiger partial charge in [-0.15, -0.1) is 0 Å². The molecule has 0 spiro atoms. The Kier molecular flexibility index (Phi) is 5.09. The van der Waals surface area contributed by atoms with E-state index in [2.05, 4.69) is 41.8 Å². The van der Waals surface area contributed by atoms with Gasteiger partial charge in [0.25, 0.3) is 0 Å². The molecular weight excluding hydrogens is 244 g/mol. The van der Waals surface area contributed by atoms with Gasteiger partial charge in [0.05, 0.1) is 12.2 Å². The van der Waals surface area contributed by atoms with Crippen LogP contribution in [0.15, 0.2) is 12.4 Å². The Morgan fingerprint density at radius 2 is 2.39 bits per heavy atom. The van der Waals surface area contributed by atoms with Gasteiger partial charge in [0.15, 0.2) is 0 Å². The Labute approximate surface area is 114 Å². The van der Waals surface area contributed by atoms with E-state index in [1.807, 2.05) is 10.9 Å². The molecule has 0 saturated carbocycles. The second kappa shape index (κ2) is 6.59. The summed E-state index contributed by atoms with van der Waals surface area (Å²) in [6.45, 7) is 8.27. The molecule has 1 aromatic heterocycles. The van der Waals surface area contributed by atoms with Crippen molar-refractivity contribution in [1.29, 1.82) is 0 Å². The number of aryl methyl sites for hydroxylation is 1. The lowest BCUT2D eigenvalue weighted by molar-refractivity contribution is 0.207. The van der Waals surface area contributed by atoms with E-state index in [-0.39, 0.29) is 0 Å². The van der Waals surface area contributed by atoms with Crippen LogP contribution >= 0.6 is 11.8 Å². The van der Waals surface area contributed by atoms with Gasteiger partial charge in [0.2, 0.25) is 0 Å². The monoisotopic (exact) mass is 268 g/mol. The molecule has 0 aromatic carbocycles. The van der Waals surface area contributed by atoms with Crippen molar-refractivity contribution in [2.45, 2.75) is 38.1 Å². The van der Waals surface area contributed by atoms with Crippen molar-refractivity contribution in [1.82, 2.24) is 14.7 Å². The molecule has 2 unspecified atom stereocenters. The van der Waals surface area contributed by atoms with Crippen LogP contribution in [-0.2, 0) is 6.54 Å². The van der Waals surface area contributed by atoms with E-state index >= 15 is 0 Å². The van der Waals surface area contributed by atoms with Crippen molar-refractivity contribution in [3.05, 3.63) is 18.0 Å². The summed E-state index contributed by atoms with van der Waals surface area (Å²) < 4.78 is 1.98. The molecule has 1 saturated heterocycles. The van der Waals surface area contributed by atoms with Gasteiger partial charge < -0.3 is 5.73 Å². The van der Waals surface area contributed by atoms with Gasteiger partial charge in [-0.05, 0) is 13.3 Å². The zero-order valence-electron chi connectivity index (χ0n) is 11.4. The molecule has 2 N–H and O–H groups in total. The van der Waals surface area contributed by atoms with Crippen molar-refractivity contribution in [3.63, 3.8) is 0 Å². The molecule has 0 aliphatic carbocycles.